The molecule has 0 saturated carbocycles. The van der Waals surface area contributed by atoms with Crippen LogP contribution in [0.1, 0.15) is 33.4 Å². The number of hydrogen-bond donors (Lipinski definition) is 2. The number of benzene rings is 1. The number of aromatic nitrogens is 3. The number of aryl methyl sites for hydroxylation is 1. The van der Waals surface area contributed by atoms with Crippen LogP contribution in [0.5, 0.6) is 0 Å². The molecule has 2 heterocycles. The average molecular weight is 474 g/mol. The van der Waals surface area contributed by atoms with Gasteiger partial charge in [-0.15, -0.1) is 0 Å². The van der Waals surface area contributed by atoms with Crippen molar-refractivity contribution in [1.29, 1.82) is 0 Å². The molecule has 1 aromatic carbocycles. The van der Waals surface area contributed by atoms with E-state index in [4.69, 9.17) is 28.3 Å². The Balaban J connectivity index is 2.44. The molecule has 7 nitrogen and oxygen atoms in total. The van der Waals surface area contributed by atoms with Crippen molar-refractivity contribution in [3.8, 4) is 11.1 Å². The highest BCUT2D eigenvalue weighted by atomic mass is 35.5. The smallest absolute Gasteiger partial charge is 0.243 e. The van der Waals surface area contributed by atoms with Crippen LogP contribution in [0.4, 0.5) is 10.2 Å². The molecular weight excluding hydrogens is 452 g/mol. The summed E-state index contributed by atoms with van der Waals surface area (Å²) in [6.07, 6.45) is 0. The second kappa shape index (κ2) is 7.64. The second-order valence-electron chi connectivity index (χ2n) is 8.18. The average Bonchev–Trinajstić information content (AvgIpc) is 2.91. The summed E-state index contributed by atoms with van der Waals surface area (Å²) < 4.78 is 39.2. The van der Waals surface area contributed by atoms with E-state index < -0.39 is 15.8 Å². The Morgan fingerprint density at radius 1 is 1.27 bits per heavy atom. The number of hydrogen-bond acceptors (Lipinski definition) is 5. The zero-order valence-corrected chi connectivity index (χ0v) is 19.4. The summed E-state index contributed by atoms with van der Waals surface area (Å²) in [6, 6.07) is 3.80. The van der Waals surface area contributed by atoms with Crippen molar-refractivity contribution in [3.05, 3.63) is 39.9 Å². The maximum Gasteiger partial charge on any atom is 0.243 e. The van der Waals surface area contributed by atoms with Gasteiger partial charge in [-0.1, -0.05) is 44.0 Å². The molecule has 0 aliphatic carbocycles. The number of rotatable bonds is 4. The van der Waals surface area contributed by atoms with E-state index in [0.717, 1.165) is 0 Å². The molecule has 3 rings (SSSR count). The molecule has 3 aromatic rings. The SMILES string of the molecule is Cc1nn2c(NC(C)C(C)(C)C)c(-c3ccc(F)cc3Cl)c(Cl)nc2c1S(N)(=O)=O. The lowest BCUT2D eigenvalue weighted by Gasteiger charge is -2.30. The van der Waals surface area contributed by atoms with E-state index in [-0.39, 0.29) is 37.9 Å². The minimum absolute atomic E-state index is 0.00871. The fourth-order valence-electron chi connectivity index (χ4n) is 2.93. The number of sulfonamides is 1. The fraction of sp³-hybridized carbons (Fsp3) is 0.368. The molecule has 0 aliphatic heterocycles. The Kier molecular flexibility index (Phi) is 5.79. The third-order valence-corrected chi connectivity index (χ3v) is 6.61. The van der Waals surface area contributed by atoms with Crippen molar-refractivity contribution in [2.45, 2.75) is 45.6 Å². The van der Waals surface area contributed by atoms with Crippen LogP contribution >= 0.6 is 23.2 Å². The third-order valence-electron chi connectivity index (χ3n) is 4.98. The summed E-state index contributed by atoms with van der Waals surface area (Å²) in [4.78, 5) is 4.03. The van der Waals surface area contributed by atoms with Gasteiger partial charge in [0.25, 0.3) is 0 Å². The van der Waals surface area contributed by atoms with Crippen molar-refractivity contribution in [2.24, 2.45) is 10.6 Å². The number of anilines is 1. The number of primary sulfonamides is 1. The van der Waals surface area contributed by atoms with Gasteiger partial charge in [-0.05, 0) is 37.5 Å². The largest absolute Gasteiger partial charge is 0.366 e. The molecule has 30 heavy (non-hydrogen) atoms. The Morgan fingerprint density at radius 2 is 1.90 bits per heavy atom. The van der Waals surface area contributed by atoms with Gasteiger partial charge < -0.3 is 5.32 Å². The summed E-state index contributed by atoms with van der Waals surface area (Å²) in [5, 5.41) is 13.2. The Morgan fingerprint density at radius 3 is 2.43 bits per heavy atom. The van der Waals surface area contributed by atoms with E-state index >= 15 is 0 Å². The molecule has 2 aromatic heterocycles. The normalized spacial score (nSPS) is 13.6. The molecule has 162 valence electrons. The van der Waals surface area contributed by atoms with Crippen LogP contribution in [0, 0.1) is 18.2 Å². The lowest BCUT2D eigenvalue weighted by molar-refractivity contribution is 0.358. The first-order valence-electron chi connectivity index (χ1n) is 9.05. The predicted octanol–water partition coefficient (Wildman–Crippen LogP) is 4.64. The van der Waals surface area contributed by atoms with Crippen LogP contribution in [0.25, 0.3) is 16.8 Å². The van der Waals surface area contributed by atoms with Gasteiger partial charge in [0.1, 0.15) is 21.7 Å². The van der Waals surface area contributed by atoms with Crippen molar-refractivity contribution < 1.29 is 12.8 Å². The van der Waals surface area contributed by atoms with E-state index in [0.29, 0.717) is 16.9 Å². The summed E-state index contributed by atoms with van der Waals surface area (Å²) >= 11 is 12.8. The van der Waals surface area contributed by atoms with Gasteiger partial charge in [-0.3, -0.25) is 0 Å². The van der Waals surface area contributed by atoms with E-state index in [1.54, 1.807) is 0 Å². The second-order valence-corrected chi connectivity index (χ2v) is 10.4. The van der Waals surface area contributed by atoms with Gasteiger partial charge in [-0.25, -0.2) is 22.9 Å². The molecule has 0 amide bonds. The molecule has 3 N–H and O–H groups in total. The summed E-state index contributed by atoms with van der Waals surface area (Å²) in [6.45, 7) is 9.61. The molecule has 0 fully saturated rings. The van der Waals surface area contributed by atoms with Gasteiger partial charge >= 0.3 is 0 Å². The molecule has 0 bridgehead atoms. The third kappa shape index (κ3) is 4.12. The summed E-state index contributed by atoms with van der Waals surface area (Å²) in [5.41, 5.74) is 0.789. The topological polar surface area (TPSA) is 102 Å². The van der Waals surface area contributed by atoms with Crippen LogP contribution in [-0.4, -0.2) is 29.1 Å². The quantitative estimate of drug-likeness (QED) is 0.537. The molecule has 1 atom stereocenters. The summed E-state index contributed by atoms with van der Waals surface area (Å²) in [5.74, 6) is -0.128. The van der Waals surface area contributed by atoms with E-state index in [1.807, 2.05) is 27.7 Å². The molecular formula is C19H22Cl2FN5O2S. The van der Waals surface area contributed by atoms with Crippen LogP contribution in [0.2, 0.25) is 10.2 Å². The Hall–Kier alpha value is -1.94. The van der Waals surface area contributed by atoms with Crippen molar-refractivity contribution in [3.63, 3.8) is 0 Å². The minimum atomic E-state index is -4.11. The summed E-state index contributed by atoms with van der Waals surface area (Å²) in [7, 11) is -4.11. The number of nitrogens with one attached hydrogen (secondary N) is 1. The standard InChI is InChI=1S/C19H22Cl2FN5O2S/c1-9-15(30(23,28)29)18-25-16(21)14(12-7-6-11(22)8-13(12)20)17(27(18)26-9)24-10(2)19(3,4)5/h6-8,10,24H,1-5H3,(H2,23,28,29). The fourth-order valence-corrected chi connectivity index (χ4v) is 4.30. The number of fused-ring (bicyclic) bond motifs is 1. The first kappa shape index (κ1) is 22.7. The zero-order valence-electron chi connectivity index (χ0n) is 17.1. The van der Waals surface area contributed by atoms with Crippen molar-refractivity contribution in [2.75, 3.05) is 5.32 Å². The van der Waals surface area contributed by atoms with Crippen LogP contribution < -0.4 is 10.5 Å². The lowest BCUT2D eigenvalue weighted by Crippen LogP contribution is -2.32. The predicted molar refractivity (Wildman–Crippen MR) is 117 cm³/mol. The first-order valence-corrected chi connectivity index (χ1v) is 11.4. The molecule has 0 spiro atoms. The lowest BCUT2D eigenvalue weighted by atomic mass is 9.88. The van der Waals surface area contributed by atoms with Gasteiger partial charge in [0.05, 0.1) is 16.3 Å². The maximum atomic E-state index is 13.6. The number of halogens is 3. The Bertz CT molecular complexity index is 1250. The van der Waals surface area contributed by atoms with Gasteiger partial charge in [-0.2, -0.15) is 9.61 Å². The molecule has 1 unspecified atom stereocenters. The van der Waals surface area contributed by atoms with Crippen molar-refractivity contribution >= 4 is 44.7 Å². The van der Waals surface area contributed by atoms with Crippen LogP contribution in [-0.2, 0) is 10.0 Å². The maximum absolute atomic E-state index is 13.6. The first-order chi connectivity index (χ1) is 13.7. The minimum Gasteiger partial charge on any atom is -0.366 e. The van der Waals surface area contributed by atoms with Gasteiger partial charge in [0.15, 0.2) is 5.65 Å². The highest BCUT2D eigenvalue weighted by Gasteiger charge is 2.29. The van der Waals surface area contributed by atoms with Crippen LogP contribution in [0.15, 0.2) is 23.1 Å². The molecule has 0 aliphatic rings. The number of nitrogens with two attached hydrogens (primary N) is 1. The van der Waals surface area contributed by atoms with E-state index in [9.17, 15) is 12.8 Å². The molecule has 0 saturated heterocycles. The zero-order chi connectivity index (χ0) is 22.6. The monoisotopic (exact) mass is 473 g/mol. The van der Waals surface area contributed by atoms with Crippen molar-refractivity contribution in [1.82, 2.24) is 14.6 Å². The number of nitrogens with zero attached hydrogens (tertiary/aromatic N) is 3. The highest BCUT2D eigenvalue weighted by molar-refractivity contribution is 7.89. The van der Waals surface area contributed by atoms with E-state index in [2.05, 4.69) is 15.4 Å². The van der Waals surface area contributed by atoms with Gasteiger partial charge in [0, 0.05) is 11.6 Å². The Labute approximate surface area is 184 Å². The van der Waals surface area contributed by atoms with Crippen LogP contribution in [0.3, 0.4) is 0 Å². The van der Waals surface area contributed by atoms with E-state index in [1.165, 1.54) is 29.6 Å². The van der Waals surface area contributed by atoms with Gasteiger partial charge in [0.2, 0.25) is 10.0 Å². The molecule has 0 radical (unpaired) electrons. The molecule has 11 heteroatoms. The highest BCUT2D eigenvalue weighted by Crippen LogP contribution is 2.40.